The van der Waals surface area contributed by atoms with Gasteiger partial charge in [-0.25, -0.2) is 9.59 Å². The van der Waals surface area contributed by atoms with Crippen LogP contribution < -0.4 is 0 Å². The third-order valence-corrected chi connectivity index (χ3v) is 2.35. The highest BCUT2D eigenvalue weighted by Gasteiger charge is 2.32. The second-order valence-corrected chi connectivity index (χ2v) is 3.41. The molecule has 1 aliphatic heterocycles. The number of likely N-dealkylation sites (tertiary alicyclic amines) is 1. The average Bonchev–Trinajstić information content (AvgIpc) is 2.25. The molecule has 1 rings (SSSR count). The number of rotatable bonds is 3. The van der Waals surface area contributed by atoms with E-state index in [0.29, 0.717) is 13.0 Å². The largest absolute Gasteiger partial charge is 0.480 e. The quantitative estimate of drug-likeness (QED) is 0.716. The zero-order valence-electron chi connectivity index (χ0n) is 8.52. The van der Waals surface area contributed by atoms with Crippen LogP contribution in [0.25, 0.3) is 0 Å². The molecule has 1 amide bonds. The van der Waals surface area contributed by atoms with Crippen LogP contribution in [-0.2, 0) is 9.53 Å². The van der Waals surface area contributed by atoms with Crippen molar-refractivity contribution in [3.63, 3.8) is 0 Å². The van der Waals surface area contributed by atoms with Gasteiger partial charge < -0.3 is 9.84 Å². The maximum absolute atomic E-state index is 11.5. The molecular weight excluding hydrogens is 198 g/mol. The van der Waals surface area contributed by atoms with Gasteiger partial charge in [0.15, 0.2) is 0 Å². The van der Waals surface area contributed by atoms with Crippen molar-refractivity contribution in [1.29, 1.82) is 0 Å². The summed E-state index contributed by atoms with van der Waals surface area (Å²) < 4.78 is 4.82. The smallest absolute Gasteiger partial charge is 0.410 e. The summed E-state index contributed by atoms with van der Waals surface area (Å²) in [6.07, 6.45) is 3.05. The second kappa shape index (κ2) is 5.38. The highest BCUT2D eigenvalue weighted by molar-refractivity contribution is 5.80. The SMILES string of the molecule is C=CCOC(=O)N1CCCC[C@@H]1C(=O)O. The lowest BCUT2D eigenvalue weighted by Gasteiger charge is -2.31. The Hall–Kier alpha value is -1.52. The number of hydrogen-bond donors (Lipinski definition) is 1. The van der Waals surface area contributed by atoms with E-state index in [9.17, 15) is 9.59 Å². The maximum atomic E-state index is 11.5. The number of ether oxygens (including phenoxy) is 1. The summed E-state index contributed by atoms with van der Waals surface area (Å²) in [7, 11) is 0. The van der Waals surface area contributed by atoms with Crippen LogP contribution in [0.4, 0.5) is 4.79 Å². The molecule has 0 radical (unpaired) electrons. The van der Waals surface area contributed by atoms with Gasteiger partial charge in [-0.2, -0.15) is 0 Å². The zero-order valence-corrected chi connectivity index (χ0v) is 8.52. The molecule has 0 aliphatic carbocycles. The number of carboxylic acid groups (broad SMARTS) is 1. The van der Waals surface area contributed by atoms with Crippen LogP contribution in [-0.4, -0.2) is 41.3 Å². The van der Waals surface area contributed by atoms with E-state index >= 15 is 0 Å². The zero-order chi connectivity index (χ0) is 11.3. The Morgan fingerprint density at radius 2 is 2.27 bits per heavy atom. The Bertz CT molecular complexity index is 264. The Morgan fingerprint density at radius 3 is 2.87 bits per heavy atom. The van der Waals surface area contributed by atoms with E-state index < -0.39 is 18.1 Å². The van der Waals surface area contributed by atoms with Gasteiger partial charge in [0.2, 0.25) is 0 Å². The summed E-state index contributed by atoms with van der Waals surface area (Å²) in [6.45, 7) is 3.98. The van der Waals surface area contributed by atoms with E-state index in [1.54, 1.807) is 0 Å². The first-order valence-electron chi connectivity index (χ1n) is 4.94. The number of carbonyl (C=O) groups is 2. The number of hydrogen-bond acceptors (Lipinski definition) is 3. The minimum Gasteiger partial charge on any atom is -0.480 e. The highest BCUT2D eigenvalue weighted by Crippen LogP contribution is 2.18. The van der Waals surface area contributed by atoms with Crippen molar-refractivity contribution in [3.05, 3.63) is 12.7 Å². The fourth-order valence-electron chi connectivity index (χ4n) is 1.62. The molecule has 0 spiro atoms. The molecule has 15 heavy (non-hydrogen) atoms. The third kappa shape index (κ3) is 2.97. The number of nitrogens with zero attached hydrogens (tertiary/aromatic N) is 1. The Kier molecular flexibility index (Phi) is 4.15. The highest BCUT2D eigenvalue weighted by atomic mass is 16.6. The van der Waals surface area contributed by atoms with E-state index in [2.05, 4.69) is 6.58 Å². The van der Waals surface area contributed by atoms with Gasteiger partial charge >= 0.3 is 12.1 Å². The van der Waals surface area contributed by atoms with Crippen molar-refractivity contribution in [1.82, 2.24) is 4.90 Å². The van der Waals surface area contributed by atoms with Gasteiger partial charge in [-0.3, -0.25) is 4.90 Å². The normalized spacial score (nSPS) is 20.8. The number of piperidine rings is 1. The third-order valence-electron chi connectivity index (χ3n) is 2.35. The second-order valence-electron chi connectivity index (χ2n) is 3.41. The van der Waals surface area contributed by atoms with Gasteiger partial charge in [-0.15, -0.1) is 0 Å². The predicted molar refractivity (Wildman–Crippen MR) is 53.5 cm³/mol. The maximum Gasteiger partial charge on any atom is 0.410 e. The molecule has 1 aliphatic rings. The summed E-state index contributed by atoms with van der Waals surface area (Å²) in [5.41, 5.74) is 0. The molecule has 1 fully saturated rings. The lowest BCUT2D eigenvalue weighted by atomic mass is 10.0. The van der Waals surface area contributed by atoms with Crippen LogP contribution in [0.5, 0.6) is 0 Å². The van der Waals surface area contributed by atoms with Crippen molar-refractivity contribution < 1.29 is 19.4 Å². The van der Waals surface area contributed by atoms with E-state index in [4.69, 9.17) is 9.84 Å². The molecule has 5 heteroatoms. The number of amides is 1. The Morgan fingerprint density at radius 1 is 1.53 bits per heavy atom. The van der Waals surface area contributed by atoms with Gasteiger partial charge in [0.05, 0.1) is 0 Å². The predicted octanol–water partition coefficient (Wildman–Crippen LogP) is 1.25. The number of carboxylic acids is 1. The number of carbonyl (C=O) groups excluding carboxylic acids is 1. The van der Waals surface area contributed by atoms with Gasteiger partial charge in [0.1, 0.15) is 12.6 Å². The summed E-state index contributed by atoms with van der Waals surface area (Å²) in [4.78, 5) is 23.6. The van der Waals surface area contributed by atoms with Gasteiger partial charge in [-0.1, -0.05) is 12.7 Å². The molecule has 0 saturated carbocycles. The molecule has 0 aromatic rings. The van der Waals surface area contributed by atoms with Crippen LogP contribution >= 0.6 is 0 Å². The minimum absolute atomic E-state index is 0.113. The topological polar surface area (TPSA) is 66.8 Å². The van der Waals surface area contributed by atoms with Crippen molar-refractivity contribution >= 4 is 12.1 Å². The van der Waals surface area contributed by atoms with Crippen molar-refractivity contribution in [2.75, 3.05) is 13.2 Å². The monoisotopic (exact) mass is 213 g/mol. The first-order valence-corrected chi connectivity index (χ1v) is 4.94. The molecule has 0 bridgehead atoms. The lowest BCUT2D eigenvalue weighted by molar-refractivity contribution is -0.143. The van der Waals surface area contributed by atoms with Gasteiger partial charge in [-0.05, 0) is 19.3 Å². The molecule has 1 saturated heterocycles. The summed E-state index contributed by atoms with van der Waals surface area (Å²) >= 11 is 0. The molecule has 84 valence electrons. The van der Waals surface area contributed by atoms with Crippen LogP contribution in [0.15, 0.2) is 12.7 Å². The first kappa shape index (κ1) is 11.6. The molecule has 0 aromatic carbocycles. The lowest BCUT2D eigenvalue weighted by Crippen LogP contribution is -2.48. The van der Waals surface area contributed by atoms with E-state index in [-0.39, 0.29) is 6.61 Å². The van der Waals surface area contributed by atoms with E-state index in [1.807, 2.05) is 0 Å². The van der Waals surface area contributed by atoms with Crippen LogP contribution in [0, 0.1) is 0 Å². The van der Waals surface area contributed by atoms with Crippen molar-refractivity contribution in [2.45, 2.75) is 25.3 Å². The van der Waals surface area contributed by atoms with Crippen LogP contribution in [0.3, 0.4) is 0 Å². The molecule has 5 nitrogen and oxygen atoms in total. The Balaban J connectivity index is 2.58. The summed E-state index contributed by atoms with van der Waals surface area (Å²) in [5.74, 6) is -0.967. The van der Waals surface area contributed by atoms with E-state index in [0.717, 1.165) is 12.8 Å². The first-order chi connectivity index (χ1) is 7.16. The summed E-state index contributed by atoms with van der Waals surface area (Å²) in [6, 6.07) is -0.740. The fourth-order valence-corrected chi connectivity index (χ4v) is 1.62. The molecule has 1 atom stereocenters. The average molecular weight is 213 g/mol. The standard InChI is InChI=1S/C10H15NO4/c1-2-7-15-10(14)11-6-4-3-5-8(11)9(12)13/h2,8H,1,3-7H2,(H,12,13)/t8-/m1/s1. The number of aliphatic carboxylic acids is 1. The van der Waals surface area contributed by atoms with Crippen molar-refractivity contribution in [3.8, 4) is 0 Å². The van der Waals surface area contributed by atoms with Gasteiger partial charge in [0, 0.05) is 6.54 Å². The molecular formula is C10H15NO4. The van der Waals surface area contributed by atoms with Crippen LogP contribution in [0.2, 0.25) is 0 Å². The summed E-state index contributed by atoms with van der Waals surface area (Å²) in [5, 5.41) is 8.91. The van der Waals surface area contributed by atoms with Gasteiger partial charge in [0.25, 0.3) is 0 Å². The van der Waals surface area contributed by atoms with E-state index in [1.165, 1.54) is 11.0 Å². The molecule has 1 heterocycles. The molecule has 1 N–H and O–H groups in total. The molecule has 0 unspecified atom stereocenters. The molecule has 0 aromatic heterocycles. The Labute approximate surface area is 88.3 Å². The fraction of sp³-hybridized carbons (Fsp3) is 0.600. The van der Waals surface area contributed by atoms with Crippen molar-refractivity contribution in [2.24, 2.45) is 0 Å². The minimum atomic E-state index is -0.967. The van der Waals surface area contributed by atoms with Crippen LogP contribution in [0.1, 0.15) is 19.3 Å².